The Bertz CT molecular complexity index is 756. The molecule has 0 saturated heterocycles. The zero-order valence-electron chi connectivity index (χ0n) is 12.4. The topological polar surface area (TPSA) is 43.0 Å². The minimum absolute atomic E-state index is 0.0235. The summed E-state index contributed by atoms with van der Waals surface area (Å²) in [5, 5.41) is 8.91. The Morgan fingerprint density at radius 1 is 1.38 bits per heavy atom. The smallest absolute Gasteiger partial charge is 0.134 e. The van der Waals surface area contributed by atoms with Crippen molar-refractivity contribution in [3.05, 3.63) is 52.0 Å². The Morgan fingerprint density at radius 3 is 2.86 bits per heavy atom. The molecule has 110 valence electrons. The molecule has 0 aliphatic rings. The Hall–Kier alpha value is -1.59. The van der Waals surface area contributed by atoms with Crippen molar-refractivity contribution in [3.63, 3.8) is 0 Å². The van der Waals surface area contributed by atoms with Gasteiger partial charge in [-0.25, -0.2) is 0 Å². The molecule has 1 unspecified atom stereocenters. The second-order valence-electron chi connectivity index (χ2n) is 5.18. The van der Waals surface area contributed by atoms with Gasteiger partial charge in [-0.2, -0.15) is 5.10 Å². The number of nitrogens with one attached hydrogen (secondary N) is 1. The zero-order chi connectivity index (χ0) is 15.0. The van der Waals surface area contributed by atoms with Gasteiger partial charge < -0.3 is 9.73 Å². The Morgan fingerprint density at radius 2 is 2.19 bits per heavy atom. The van der Waals surface area contributed by atoms with Gasteiger partial charge in [0.05, 0.1) is 16.4 Å². The third-order valence-electron chi connectivity index (χ3n) is 3.59. The number of hydrogen-bond acceptors (Lipinski definition) is 3. The number of hydrogen-bond donors (Lipinski definition) is 1. The fourth-order valence-corrected chi connectivity index (χ4v) is 3.18. The van der Waals surface area contributed by atoms with Gasteiger partial charge in [-0.3, -0.25) is 4.68 Å². The molecule has 4 nitrogen and oxygen atoms in total. The van der Waals surface area contributed by atoms with E-state index in [1.54, 1.807) is 0 Å². The molecule has 2 aromatic heterocycles. The lowest BCUT2D eigenvalue weighted by Gasteiger charge is -2.16. The quantitative estimate of drug-likeness (QED) is 0.777. The predicted octanol–water partition coefficient (Wildman–Crippen LogP) is 3.94. The fraction of sp³-hybridized carbons (Fsp3) is 0.312. The molecule has 0 spiro atoms. The molecule has 1 aromatic carbocycles. The Balaban J connectivity index is 2.11. The normalized spacial score (nSPS) is 13.0. The number of halogens is 1. The SMILES string of the molecule is CCNC(c1cc2cc(C)ccc2o1)c1c(Br)cnn1C. The molecule has 0 radical (unpaired) electrons. The highest BCUT2D eigenvalue weighted by Gasteiger charge is 2.23. The highest BCUT2D eigenvalue weighted by atomic mass is 79.9. The van der Waals surface area contributed by atoms with E-state index in [9.17, 15) is 0 Å². The first-order valence-electron chi connectivity index (χ1n) is 7.01. The molecule has 5 heteroatoms. The van der Waals surface area contributed by atoms with Crippen LogP contribution < -0.4 is 5.32 Å². The number of aromatic nitrogens is 2. The van der Waals surface area contributed by atoms with Crippen molar-refractivity contribution in [3.8, 4) is 0 Å². The molecule has 2 heterocycles. The van der Waals surface area contributed by atoms with Crippen LogP contribution in [0.2, 0.25) is 0 Å². The lowest BCUT2D eigenvalue weighted by Crippen LogP contribution is -2.24. The first-order chi connectivity index (χ1) is 10.1. The fourth-order valence-electron chi connectivity index (χ4n) is 2.61. The van der Waals surface area contributed by atoms with Crippen LogP contribution in [0.3, 0.4) is 0 Å². The molecular weight excluding hydrogens is 330 g/mol. The Kier molecular flexibility index (Phi) is 3.87. The molecule has 0 fully saturated rings. The summed E-state index contributed by atoms with van der Waals surface area (Å²) in [7, 11) is 1.94. The maximum absolute atomic E-state index is 6.05. The van der Waals surface area contributed by atoms with Gasteiger partial charge in [-0.05, 0) is 47.6 Å². The van der Waals surface area contributed by atoms with Crippen molar-refractivity contribution in [2.24, 2.45) is 7.05 Å². The second-order valence-corrected chi connectivity index (χ2v) is 6.04. The summed E-state index contributed by atoms with van der Waals surface area (Å²) >= 11 is 3.58. The van der Waals surface area contributed by atoms with Crippen molar-refractivity contribution in [2.75, 3.05) is 6.54 Å². The third kappa shape index (κ3) is 2.63. The molecular formula is C16H18BrN3O. The molecule has 0 aliphatic carbocycles. The maximum atomic E-state index is 6.05. The monoisotopic (exact) mass is 347 g/mol. The second kappa shape index (κ2) is 5.66. The third-order valence-corrected chi connectivity index (χ3v) is 4.21. The van der Waals surface area contributed by atoms with Gasteiger partial charge in [0, 0.05) is 12.4 Å². The molecule has 0 amide bonds. The number of aryl methyl sites for hydroxylation is 2. The number of furan rings is 1. The van der Waals surface area contributed by atoms with Crippen LogP contribution in [-0.4, -0.2) is 16.3 Å². The molecule has 0 bridgehead atoms. The first-order valence-corrected chi connectivity index (χ1v) is 7.80. The van der Waals surface area contributed by atoms with Crippen LogP contribution in [0.5, 0.6) is 0 Å². The molecule has 0 aliphatic heterocycles. The maximum Gasteiger partial charge on any atom is 0.134 e. The van der Waals surface area contributed by atoms with Crippen LogP contribution in [0.4, 0.5) is 0 Å². The van der Waals surface area contributed by atoms with E-state index in [0.29, 0.717) is 0 Å². The average Bonchev–Trinajstić information content (AvgIpc) is 3.00. The lowest BCUT2D eigenvalue weighted by atomic mass is 10.1. The highest BCUT2D eigenvalue weighted by molar-refractivity contribution is 9.10. The van der Waals surface area contributed by atoms with E-state index in [0.717, 1.165) is 33.4 Å². The molecule has 21 heavy (non-hydrogen) atoms. The van der Waals surface area contributed by atoms with Crippen molar-refractivity contribution < 1.29 is 4.42 Å². The minimum Gasteiger partial charge on any atom is -0.459 e. The summed E-state index contributed by atoms with van der Waals surface area (Å²) in [6.07, 6.45) is 1.81. The van der Waals surface area contributed by atoms with E-state index in [-0.39, 0.29) is 6.04 Å². The summed E-state index contributed by atoms with van der Waals surface area (Å²) in [5.74, 6) is 0.904. The number of benzene rings is 1. The van der Waals surface area contributed by atoms with Gasteiger partial charge in [0.1, 0.15) is 17.4 Å². The number of rotatable bonds is 4. The van der Waals surface area contributed by atoms with Gasteiger partial charge in [0.25, 0.3) is 0 Å². The molecule has 3 rings (SSSR count). The van der Waals surface area contributed by atoms with Crippen LogP contribution in [-0.2, 0) is 7.05 Å². The average molecular weight is 348 g/mol. The van der Waals surface area contributed by atoms with Crippen molar-refractivity contribution >= 4 is 26.9 Å². The number of nitrogens with zero attached hydrogens (tertiary/aromatic N) is 2. The number of fused-ring (bicyclic) bond motifs is 1. The van der Waals surface area contributed by atoms with Gasteiger partial charge in [-0.1, -0.05) is 18.6 Å². The van der Waals surface area contributed by atoms with E-state index in [1.165, 1.54) is 5.56 Å². The zero-order valence-corrected chi connectivity index (χ0v) is 13.9. The van der Waals surface area contributed by atoms with Crippen LogP contribution in [0.25, 0.3) is 11.0 Å². The van der Waals surface area contributed by atoms with Gasteiger partial charge in [0.2, 0.25) is 0 Å². The summed E-state index contributed by atoms with van der Waals surface area (Å²) < 4.78 is 8.90. The van der Waals surface area contributed by atoms with E-state index in [1.807, 2.05) is 24.0 Å². The lowest BCUT2D eigenvalue weighted by molar-refractivity contribution is 0.458. The molecule has 1 atom stereocenters. The molecule has 0 saturated carbocycles. The van der Waals surface area contributed by atoms with Gasteiger partial charge in [-0.15, -0.1) is 0 Å². The van der Waals surface area contributed by atoms with E-state index in [4.69, 9.17) is 4.42 Å². The van der Waals surface area contributed by atoms with E-state index >= 15 is 0 Å². The molecule has 3 aromatic rings. The minimum atomic E-state index is -0.0235. The van der Waals surface area contributed by atoms with Crippen LogP contribution in [0.15, 0.2) is 39.4 Å². The standard InChI is InChI=1S/C16H18BrN3O/c1-4-18-15(16-12(17)9-19-20(16)3)14-8-11-7-10(2)5-6-13(11)21-14/h5-9,15,18H,4H2,1-3H3. The van der Waals surface area contributed by atoms with Crippen LogP contribution in [0.1, 0.15) is 30.0 Å². The van der Waals surface area contributed by atoms with Crippen molar-refractivity contribution in [1.82, 2.24) is 15.1 Å². The predicted molar refractivity (Wildman–Crippen MR) is 87.4 cm³/mol. The highest BCUT2D eigenvalue weighted by Crippen LogP contribution is 2.32. The van der Waals surface area contributed by atoms with Crippen LogP contribution in [0, 0.1) is 6.92 Å². The van der Waals surface area contributed by atoms with Gasteiger partial charge >= 0.3 is 0 Å². The summed E-state index contributed by atoms with van der Waals surface area (Å²) in [6.45, 7) is 5.02. The van der Waals surface area contributed by atoms with Crippen molar-refractivity contribution in [2.45, 2.75) is 19.9 Å². The van der Waals surface area contributed by atoms with Gasteiger partial charge in [0.15, 0.2) is 0 Å². The summed E-state index contributed by atoms with van der Waals surface area (Å²) in [5.41, 5.74) is 3.21. The first kappa shape index (κ1) is 14.4. The van der Waals surface area contributed by atoms with Crippen molar-refractivity contribution in [1.29, 1.82) is 0 Å². The summed E-state index contributed by atoms with van der Waals surface area (Å²) in [6, 6.07) is 8.32. The summed E-state index contributed by atoms with van der Waals surface area (Å²) in [4.78, 5) is 0. The van der Waals surface area contributed by atoms with Crippen LogP contribution >= 0.6 is 15.9 Å². The van der Waals surface area contributed by atoms with E-state index < -0.39 is 0 Å². The Labute approximate surface area is 132 Å². The molecule has 1 N–H and O–H groups in total. The largest absolute Gasteiger partial charge is 0.459 e. The van der Waals surface area contributed by atoms with E-state index in [2.05, 4.69) is 58.4 Å².